The molecular formula is C21H19F3N4O2S. The minimum absolute atomic E-state index is 0.308. The molecule has 3 aromatic rings. The minimum Gasteiger partial charge on any atom is -0.378 e. The lowest BCUT2D eigenvalue weighted by atomic mass is 10.2. The SMILES string of the molecule is O=C(Nc1ccc(N2CCOCC2)cc1)c1cnc(Nc2ccc(C(F)(F)F)cc2)s1. The second-order valence-electron chi connectivity index (χ2n) is 6.83. The Bertz CT molecular complexity index is 1030. The number of morpholine rings is 1. The van der Waals surface area contributed by atoms with Crippen LogP contribution in [0.4, 0.5) is 35.4 Å². The quantitative estimate of drug-likeness (QED) is 0.576. The number of hydrogen-bond acceptors (Lipinski definition) is 6. The van der Waals surface area contributed by atoms with Crippen molar-refractivity contribution in [2.45, 2.75) is 6.18 Å². The van der Waals surface area contributed by atoms with Crippen LogP contribution in [0.1, 0.15) is 15.2 Å². The highest BCUT2D eigenvalue weighted by Gasteiger charge is 2.30. The van der Waals surface area contributed by atoms with Crippen LogP contribution in [0.15, 0.2) is 54.7 Å². The first-order valence-corrected chi connectivity index (χ1v) is 10.3. The van der Waals surface area contributed by atoms with E-state index >= 15 is 0 Å². The maximum Gasteiger partial charge on any atom is 0.416 e. The molecule has 1 amide bonds. The summed E-state index contributed by atoms with van der Waals surface area (Å²) < 4.78 is 43.3. The van der Waals surface area contributed by atoms with Gasteiger partial charge in [0.25, 0.3) is 5.91 Å². The number of carbonyl (C=O) groups is 1. The summed E-state index contributed by atoms with van der Waals surface area (Å²) in [6, 6.07) is 12.2. The molecule has 1 aromatic heterocycles. The van der Waals surface area contributed by atoms with Crippen molar-refractivity contribution < 1.29 is 22.7 Å². The fraction of sp³-hybridized carbons (Fsp3) is 0.238. The van der Waals surface area contributed by atoms with Gasteiger partial charge < -0.3 is 20.3 Å². The Balaban J connectivity index is 1.35. The molecule has 6 nitrogen and oxygen atoms in total. The molecule has 0 saturated carbocycles. The maximum absolute atomic E-state index is 12.7. The molecule has 2 N–H and O–H groups in total. The average Bonchev–Trinajstić information content (AvgIpc) is 3.23. The van der Waals surface area contributed by atoms with Crippen LogP contribution in [0, 0.1) is 0 Å². The molecular weight excluding hydrogens is 429 g/mol. The molecule has 0 radical (unpaired) electrons. The number of anilines is 4. The van der Waals surface area contributed by atoms with E-state index in [9.17, 15) is 18.0 Å². The van der Waals surface area contributed by atoms with E-state index in [2.05, 4.69) is 20.5 Å². The topological polar surface area (TPSA) is 66.5 Å². The fourth-order valence-electron chi connectivity index (χ4n) is 3.07. The van der Waals surface area contributed by atoms with Crippen LogP contribution in [0.2, 0.25) is 0 Å². The molecule has 2 aromatic carbocycles. The molecule has 0 spiro atoms. The normalized spacial score (nSPS) is 14.4. The van der Waals surface area contributed by atoms with Gasteiger partial charge in [-0.1, -0.05) is 11.3 Å². The molecule has 1 fully saturated rings. The van der Waals surface area contributed by atoms with Crippen LogP contribution in [0.5, 0.6) is 0 Å². The van der Waals surface area contributed by atoms with Crippen LogP contribution >= 0.6 is 11.3 Å². The highest BCUT2D eigenvalue weighted by molar-refractivity contribution is 7.17. The highest BCUT2D eigenvalue weighted by Crippen LogP contribution is 2.31. The number of amides is 1. The zero-order valence-corrected chi connectivity index (χ0v) is 17.1. The minimum atomic E-state index is -4.38. The molecule has 1 aliphatic rings. The molecule has 0 bridgehead atoms. The van der Waals surface area contributed by atoms with Gasteiger partial charge in [0, 0.05) is 30.2 Å². The smallest absolute Gasteiger partial charge is 0.378 e. The number of benzene rings is 2. The number of carbonyl (C=O) groups excluding carboxylic acids is 1. The standard InChI is InChI=1S/C21H19F3N4O2S/c22-21(23,24)14-1-3-16(4-2-14)27-20-25-13-18(31-20)19(29)26-15-5-7-17(8-6-15)28-9-11-30-12-10-28/h1-8,13H,9-12H2,(H,25,27)(H,26,29). The predicted molar refractivity (Wildman–Crippen MR) is 114 cm³/mol. The first kappa shape index (κ1) is 21.1. The summed E-state index contributed by atoms with van der Waals surface area (Å²) in [4.78, 5) is 19.2. The molecule has 1 aliphatic heterocycles. The second-order valence-corrected chi connectivity index (χ2v) is 7.86. The Kier molecular flexibility index (Phi) is 6.10. The summed E-state index contributed by atoms with van der Waals surface area (Å²) in [5, 5.41) is 6.14. The van der Waals surface area contributed by atoms with Crippen LogP contribution in [-0.2, 0) is 10.9 Å². The molecule has 1 saturated heterocycles. The molecule has 10 heteroatoms. The third-order valence-electron chi connectivity index (χ3n) is 4.69. The van der Waals surface area contributed by atoms with Gasteiger partial charge in [0.2, 0.25) is 0 Å². The lowest BCUT2D eigenvalue weighted by molar-refractivity contribution is -0.137. The predicted octanol–water partition coefficient (Wildman–Crippen LogP) is 4.99. The molecule has 0 atom stereocenters. The number of alkyl halides is 3. The third kappa shape index (κ3) is 5.33. The van der Waals surface area contributed by atoms with Gasteiger partial charge in [-0.2, -0.15) is 13.2 Å². The van der Waals surface area contributed by atoms with Crippen molar-refractivity contribution >= 4 is 39.4 Å². The lowest BCUT2D eigenvalue weighted by Crippen LogP contribution is -2.36. The van der Waals surface area contributed by atoms with Gasteiger partial charge in [0.1, 0.15) is 4.88 Å². The van der Waals surface area contributed by atoms with E-state index in [1.54, 1.807) is 0 Å². The number of hydrogen-bond donors (Lipinski definition) is 2. The van der Waals surface area contributed by atoms with E-state index in [0.29, 0.717) is 34.6 Å². The molecule has 0 aliphatic carbocycles. The van der Waals surface area contributed by atoms with Crippen molar-refractivity contribution in [2.24, 2.45) is 0 Å². The summed E-state index contributed by atoms with van der Waals surface area (Å²) >= 11 is 1.11. The summed E-state index contributed by atoms with van der Waals surface area (Å²) in [5.41, 5.74) is 1.46. The van der Waals surface area contributed by atoms with Gasteiger partial charge in [-0.25, -0.2) is 4.98 Å². The first-order valence-electron chi connectivity index (χ1n) is 9.53. The molecule has 162 valence electrons. The van der Waals surface area contributed by atoms with Gasteiger partial charge in [-0.15, -0.1) is 0 Å². The summed E-state index contributed by atoms with van der Waals surface area (Å²) in [7, 11) is 0. The molecule has 2 heterocycles. The number of thiazole rings is 1. The Morgan fingerprint density at radius 1 is 1.00 bits per heavy atom. The molecule has 31 heavy (non-hydrogen) atoms. The molecule has 0 unspecified atom stereocenters. The van der Waals surface area contributed by atoms with Crippen molar-refractivity contribution in [1.82, 2.24) is 4.98 Å². The number of halogens is 3. The van der Waals surface area contributed by atoms with E-state index < -0.39 is 11.7 Å². The van der Waals surface area contributed by atoms with Crippen LogP contribution in [0.3, 0.4) is 0 Å². The number of aromatic nitrogens is 1. The Labute approximate surface area is 180 Å². The molecule has 4 rings (SSSR count). The number of ether oxygens (including phenoxy) is 1. The third-order valence-corrected chi connectivity index (χ3v) is 5.61. The van der Waals surface area contributed by atoms with E-state index in [0.717, 1.165) is 42.2 Å². The number of nitrogens with zero attached hydrogens (tertiary/aromatic N) is 2. The van der Waals surface area contributed by atoms with E-state index in [4.69, 9.17) is 4.74 Å². The van der Waals surface area contributed by atoms with Gasteiger partial charge >= 0.3 is 6.18 Å². The van der Waals surface area contributed by atoms with Gasteiger partial charge in [-0.3, -0.25) is 4.79 Å². The van der Waals surface area contributed by atoms with Crippen LogP contribution in [-0.4, -0.2) is 37.2 Å². The van der Waals surface area contributed by atoms with Crippen LogP contribution < -0.4 is 15.5 Å². The largest absolute Gasteiger partial charge is 0.416 e. The van der Waals surface area contributed by atoms with E-state index in [1.165, 1.54) is 18.3 Å². The number of rotatable bonds is 5. The van der Waals surface area contributed by atoms with E-state index in [-0.39, 0.29) is 5.91 Å². The Hall–Kier alpha value is -3.11. The van der Waals surface area contributed by atoms with Crippen molar-refractivity contribution in [2.75, 3.05) is 41.8 Å². The monoisotopic (exact) mass is 448 g/mol. The summed E-state index contributed by atoms with van der Waals surface area (Å²) in [6.07, 6.45) is -2.96. The van der Waals surface area contributed by atoms with Crippen molar-refractivity contribution in [3.05, 3.63) is 65.2 Å². The highest BCUT2D eigenvalue weighted by atomic mass is 32.1. The van der Waals surface area contributed by atoms with Crippen LogP contribution in [0.25, 0.3) is 0 Å². The Morgan fingerprint density at radius 3 is 2.29 bits per heavy atom. The van der Waals surface area contributed by atoms with Crippen molar-refractivity contribution in [1.29, 1.82) is 0 Å². The first-order chi connectivity index (χ1) is 14.9. The zero-order chi connectivity index (χ0) is 21.8. The second kappa shape index (κ2) is 8.94. The maximum atomic E-state index is 12.7. The van der Waals surface area contributed by atoms with Crippen molar-refractivity contribution in [3.63, 3.8) is 0 Å². The Morgan fingerprint density at radius 2 is 1.65 bits per heavy atom. The zero-order valence-electron chi connectivity index (χ0n) is 16.3. The fourth-order valence-corrected chi connectivity index (χ4v) is 3.80. The number of nitrogens with one attached hydrogen (secondary N) is 2. The van der Waals surface area contributed by atoms with Gasteiger partial charge in [0.15, 0.2) is 5.13 Å². The summed E-state index contributed by atoms with van der Waals surface area (Å²) in [5.74, 6) is -0.308. The van der Waals surface area contributed by atoms with Gasteiger partial charge in [0.05, 0.1) is 25.0 Å². The lowest BCUT2D eigenvalue weighted by Gasteiger charge is -2.28. The van der Waals surface area contributed by atoms with Crippen molar-refractivity contribution in [3.8, 4) is 0 Å². The average molecular weight is 448 g/mol. The van der Waals surface area contributed by atoms with E-state index in [1.807, 2.05) is 24.3 Å². The summed E-state index contributed by atoms with van der Waals surface area (Å²) in [6.45, 7) is 3.07. The van der Waals surface area contributed by atoms with Gasteiger partial charge in [-0.05, 0) is 48.5 Å².